The Morgan fingerprint density at radius 2 is 2.09 bits per heavy atom. The van der Waals surface area contributed by atoms with Crippen molar-refractivity contribution in [1.82, 2.24) is 0 Å². The predicted molar refractivity (Wildman–Crippen MR) is 47.4 cm³/mol. The molecule has 0 heterocycles. The third-order valence-electron chi connectivity index (χ3n) is 2.26. The molecule has 0 aromatic carbocycles. The largest absolute Gasteiger partial charge is 0.393 e. The molecule has 1 aliphatic carbocycles. The van der Waals surface area contributed by atoms with Gasteiger partial charge >= 0.3 is 0 Å². The summed E-state index contributed by atoms with van der Waals surface area (Å²) >= 11 is 0. The van der Waals surface area contributed by atoms with E-state index in [2.05, 4.69) is 19.9 Å². The van der Waals surface area contributed by atoms with E-state index in [0.717, 1.165) is 12.8 Å². The predicted octanol–water partition coefficient (Wildman–Crippen LogP) is 2.50. The highest BCUT2D eigenvalue weighted by Crippen LogP contribution is 2.25. The van der Waals surface area contributed by atoms with E-state index in [1.54, 1.807) is 0 Å². The van der Waals surface area contributed by atoms with Gasteiger partial charge in [-0.05, 0) is 39.0 Å². The molecule has 1 nitrogen and oxygen atoms in total. The van der Waals surface area contributed by atoms with Crippen LogP contribution in [0.4, 0.5) is 0 Å². The monoisotopic (exact) mass is 154 g/mol. The lowest BCUT2D eigenvalue weighted by molar-refractivity contribution is 0.113. The van der Waals surface area contributed by atoms with Gasteiger partial charge in [-0.3, -0.25) is 0 Å². The van der Waals surface area contributed by atoms with Gasteiger partial charge in [0.1, 0.15) is 0 Å². The van der Waals surface area contributed by atoms with Crippen molar-refractivity contribution < 1.29 is 5.11 Å². The molecule has 1 saturated carbocycles. The Morgan fingerprint density at radius 3 is 2.64 bits per heavy atom. The molecule has 0 amide bonds. The number of allylic oxidation sites excluding steroid dienone is 2. The van der Waals surface area contributed by atoms with Gasteiger partial charge in [0.05, 0.1) is 6.10 Å². The van der Waals surface area contributed by atoms with E-state index in [1.807, 2.05) is 0 Å². The molecule has 0 spiro atoms. The minimum atomic E-state index is -0.0376. The average molecular weight is 154 g/mol. The van der Waals surface area contributed by atoms with E-state index in [0.29, 0.717) is 5.92 Å². The normalized spacial score (nSPS) is 31.5. The highest BCUT2D eigenvalue weighted by Gasteiger charge is 2.17. The van der Waals surface area contributed by atoms with Crippen LogP contribution in [-0.4, -0.2) is 11.2 Å². The molecular weight excluding hydrogens is 136 g/mol. The number of aliphatic hydroxyl groups excluding tert-OH is 1. The molecule has 1 heteroatoms. The zero-order valence-electron chi connectivity index (χ0n) is 7.51. The van der Waals surface area contributed by atoms with Gasteiger partial charge in [-0.25, -0.2) is 0 Å². The van der Waals surface area contributed by atoms with Gasteiger partial charge in [-0.15, -0.1) is 0 Å². The minimum absolute atomic E-state index is 0.0376. The maximum atomic E-state index is 9.36. The van der Waals surface area contributed by atoms with Gasteiger partial charge < -0.3 is 5.11 Å². The molecule has 0 aromatic rings. The molecule has 1 N–H and O–H groups in total. The standard InChI is InChI=1S/C10H18O/c1-8(2)6-9-4-3-5-10(11)7-9/h6,9-11H,3-5,7H2,1-2H3/t9-,10-/m0/s1. The van der Waals surface area contributed by atoms with Crippen molar-refractivity contribution in [3.8, 4) is 0 Å². The molecule has 64 valence electrons. The van der Waals surface area contributed by atoms with Crippen molar-refractivity contribution in [2.75, 3.05) is 0 Å². The lowest BCUT2D eigenvalue weighted by atomic mass is 9.86. The topological polar surface area (TPSA) is 20.2 Å². The Morgan fingerprint density at radius 1 is 1.36 bits per heavy atom. The second-order valence-electron chi connectivity index (χ2n) is 3.82. The van der Waals surface area contributed by atoms with Crippen molar-refractivity contribution in [2.24, 2.45) is 5.92 Å². The molecule has 0 aliphatic heterocycles. The minimum Gasteiger partial charge on any atom is -0.393 e. The van der Waals surface area contributed by atoms with Gasteiger partial charge in [-0.1, -0.05) is 18.1 Å². The molecule has 1 aliphatic rings. The van der Waals surface area contributed by atoms with E-state index in [4.69, 9.17) is 0 Å². The van der Waals surface area contributed by atoms with Crippen LogP contribution in [0.3, 0.4) is 0 Å². The summed E-state index contributed by atoms with van der Waals surface area (Å²) in [5.41, 5.74) is 1.38. The van der Waals surface area contributed by atoms with E-state index in [1.165, 1.54) is 18.4 Å². The highest BCUT2D eigenvalue weighted by atomic mass is 16.3. The third kappa shape index (κ3) is 3.06. The Labute approximate surface area is 69.1 Å². The first-order valence-corrected chi connectivity index (χ1v) is 4.51. The summed E-state index contributed by atoms with van der Waals surface area (Å²) in [6, 6.07) is 0. The third-order valence-corrected chi connectivity index (χ3v) is 2.26. The molecule has 11 heavy (non-hydrogen) atoms. The van der Waals surface area contributed by atoms with Crippen molar-refractivity contribution in [2.45, 2.75) is 45.6 Å². The van der Waals surface area contributed by atoms with Crippen LogP contribution in [-0.2, 0) is 0 Å². The molecule has 2 atom stereocenters. The van der Waals surface area contributed by atoms with Crippen molar-refractivity contribution in [3.05, 3.63) is 11.6 Å². The zero-order valence-corrected chi connectivity index (χ0v) is 7.51. The maximum Gasteiger partial charge on any atom is 0.0545 e. The number of hydrogen-bond donors (Lipinski definition) is 1. The molecular formula is C10H18O. The summed E-state index contributed by atoms with van der Waals surface area (Å²) in [6.07, 6.45) is 6.70. The van der Waals surface area contributed by atoms with E-state index in [9.17, 15) is 5.11 Å². The fourth-order valence-corrected chi connectivity index (χ4v) is 1.82. The molecule has 0 bridgehead atoms. The first kappa shape index (κ1) is 8.79. The second-order valence-corrected chi connectivity index (χ2v) is 3.82. The molecule has 0 radical (unpaired) electrons. The number of hydrogen-bond acceptors (Lipinski definition) is 1. The van der Waals surface area contributed by atoms with Crippen LogP contribution in [0.15, 0.2) is 11.6 Å². The fourth-order valence-electron chi connectivity index (χ4n) is 1.82. The number of rotatable bonds is 1. The summed E-state index contributed by atoms with van der Waals surface area (Å²) in [7, 11) is 0. The van der Waals surface area contributed by atoms with Crippen LogP contribution >= 0.6 is 0 Å². The van der Waals surface area contributed by atoms with Crippen LogP contribution in [0, 0.1) is 5.92 Å². The molecule has 0 saturated heterocycles. The van der Waals surface area contributed by atoms with Crippen LogP contribution in [0.1, 0.15) is 39.5 Å². The molecule has 1 rings (SSSR count). The molecule has 0 unspecified atom stereocenters. The zero-order chi connectivity index (χ0) is 8.27. The van der Waals surface area contributed by atoms with Gasteiger partial charge in [0.2, 0.25) is 0 Å². The van der Waals surface area contributed by atoms with Crippen LogP contribution in [0.5, 0.6) is 0 Å². The first-order valence-electron chi connectivity index (χ1n) is 4.51. The fraction of sp³-hybridized carbons (Fsp3) is 0.800. The van der Waals surface area contributed by atoms with Gasteiger partial charge in [0.15, 0.2) is 0 Å². The smallest absolute Gasteiger partial charge is 0.0545 e. The van der Waals surface area contributed by atoms with E-state index >= 15 is 0 Å². The second kappa shape index (κ2) is 3.91. The summed E-state index contributed by atoms with van der Waals surface area (Å²) in [5, 5.41) is 9.36. The van der Waals surface area contributed by atoms with Gasteiger partial charge in [0, 0.05) is 0 Å². The van der Waals surface area contributed by atoms with Gasteiger partial charge in [0.25, 0.3) is 0 Å². The highest BCUT2D eigenvalue weighted by molar-refractivity contribution is 4.98. The summed E-state index contributed by atoms with van der Waals surface area (Å²) in [4.78, 5) is 0. The van der Waals surface area contributed by atoms with Crippen molar-refractivity contribution >= 4 is 0 Å². The molecule has 1 fully saturated rings. The van der Waals surface area contributed by atoms with Crippen LogP contribution < -0.4 is 0 Å². The van der Waals surface area contributed by atoms with Crippen molar-refractivity contribution in [3.63, 3.8) is 0 Å². The summed E-state index contributed by atoms with van der Waals surface area (Å²) < 4.78 is 0. The maximum absolute atomic E-state index is 9.36. The van der Waals surface area contributed by atoms with E-state index < -0.39 is 0 Å². The summed E-state index contributed by atoms with van der Waals surface area (Å²) in [5.74, 6) is 0.642. The van der Waals surface area contributed by atoms with Crippen LogP contribution in [0.25, 0.3) is 0 Å². The Bertz CT molecular complexity index is 145. The molecule has 0 aromatic heterocycles. The lowest BCUT2D eigenvalue weighted by Gasteiger charge is -2.23. The van der Waals surface area contributed by atoms with Crippen molar-refractivity contribution in [1.29, 1.82) is 0 Å². The first-order chi connectivity index (χ1) is 5.18. The quantitative estimate of drug-likeness (QED) is 0.575. The SMILES string of the molecule is CC(C)=C[C@@H]1CCC[C@H](O)C1. The Balaban J connectivity index is 2.40. The van der Waals surface area contributed by atoms with Gasteiger partial charge in [-0.2, -0.15) is 0 Å². The Kier molecular flexibility index (Phi) is 3.13. The number of aliphatic hydroxyl groups is 1. The average Bonchev–Trinajstić information content (AvgIpc) is 1.85. The summed E-state index contributed by atoms with van der Waals surface area (Å²) in [6.45, 7) is 4.25. The lowest BCUT2D eigenvalue weighted by Crippen LogP contribution is -2.18. The van der Waals surface area contributed by atoms with E-state index in [-0.39, 0.29) is 6.10 Å². The Hall–Kier alpha value is -0.300. The van der Waals surface area contributed by atoms with Crippen LogP contribution in [0.2, 0.25) is 0 Å².